The lowest BCUT2D eigenvalue weighted by molar-refractivity contribution is 0.369. The van der Waals surface area contributed by atoms with E-state index in [0.29, 0.717) is 40.2 Å². The standard InChI is InChI=1S/C20H21N3O4SSi/c1-5-29(6-2)26-15-11-12(3)25-20(24)17(15)13(4)22-23-18(27-29)19-21-14-9-7-8-10-16(14)28-19/h7-11H,5-6H2,1-4H3/b22-13-,23-18-. The lowest BCUT2D eigenvalue weighted by atomic mass is 10.2. The third-order valence-electron chi connectivity index (χ3n) is 4.82. The molecule has 0 saturated heterocycles. The number of para-hydroxylation sites is 1. The Labute approximate surface area is 173 Å². The van der Waals surface area contributed by atoms with Crippen molar-refractivity contribution in [2.45, 2.75) is 39.8 Å². The molecule has 0 N–H and O–H groups in total. The number of benzene rings is 1. The van der Waals surface area contributed by atoms with Crippen LogP contribution in [0.15, 0.2) is 49.7 Å². The van der Waals surface area contributed by atoms with E-state index in [-0.39, 0.29) is 5.56 Å². The quantitative estimate of drug-likeness (QED) is 0.569. The van der Waals surface area contributed by atoms with E-state index in [9.17, 15) is 4.79 Å². The second-order valence-corrected chi connectivity index (χ2v) is 11.5. The summed E-state index contributed by atoms with van der Waals surface area (Å²) in [5, 5.41) is 9.25. The molecule has 0 unspecified atom stereocenters. The second-order valence-electron chi connectivity index (χ2n) is 6.78. The fourth-order valence-electron chi connectivity index (χ4n) is 3.17. The molecule has 0 saturated carbocycles. The Kier molecular flexibility index (Phi) is 5.09. The number of nitrogens with zero attached hydrogens (tertiary/aromatic N) is 3. The molecule has 7 nitrogen and oxygen atoms in total. The molecule has 1 aliphatic rings. The van der Waals surface area contributed by atoms with E-state index >= 15 is 0 Å². The maximum Gasteiger partial charge on any atom is 0.461 e. The molecule has 0 atom stereocenters. The SMILES string of the molecule is CC[Si]1(CC)O/C(c2nc3ccccc3s2)=N\N=C(\C)c2c(cc(C)oc2=O)O1. The smallest absolute Gasteiger partial charge is 0.461 e. The number of hydrogen-bond donors (Lipinski definition) is 0. The molecule has 29 heavy (non-hydrogen) atoms. The normalized spacial score (nSPS) is 19.4. The van der Waals surface area contributed by atoms with E-state index in [0.717, 1.165) is 10.2 Å². The van der Waals surface area contributed by atoms with Crippen LogP contribution < -0.4 is 10.1 Å². The van der Waals surface area contributed by atoms with Crippen LogP contribution in [-0.2, 0) is 4.43 Å². The molecule has 0 radical (unpaired) electrons. The van der Waals surface area contributed by atoms with Gasteiger partial charge in [0.1, 0.15) is 17.1 Å². The zero-order valence-corrected chi connectivity index (χ0v) is 18.5. The van der Waals surface area contributed by atoms with Crippen LogP contribution in [0.25, 0.3) is 10.2 Å². The van der Waals surface area contributed by atoms with Crippen LogP contribution in [0.4, 0.5) is 0 Å². The van der Waals surface area contributed by atoms with E-state index in [2.05, 4.69) is 15.2 Å². The molecule has 3 heterocycles. The predicted molar refractivity (Wildman–Crippen MR) is 117 cm³/mol. The fourth-order valence-corrected chi connectivity index (χ4v) is 6.30. The Balaban J connectivity index is 1.91. The van der Waals surface area contributed by atoms with Gasteiger partial charge < -0.3 is 13.3 Å². The molecular formula is C20H21N3O4SSi. The van der Waals surface area contributed by atoms with Gasteiger partial charge in [0.05, 0.1) is 15.9 Å². The van der Waals surface area contributed by atoms with Crippen molar-refractivity contribution in [2.24, 2.45) is 10.2 Å². The van der Waals surface area contributed by atoms with Gasteiger partial charge in [-0.3, -0.25) is 0 Å². The van der Waals surface area contributed by atoms with Crippen LogP contribution >= 0.6 is 11.3 Å². The number of fused-ring (bicyclic) bond motifs is 2. The average molecular weight is 428 g/mol. The van der Waals surface area contributed by atoms with Crippen molar-refractivity contribution in [3.63, 3.8) is 0 Å². The van der Waals surface area contributed by atoms with Gasteiger partial charge in [0.2, 0.25) is 0 Å². The van der Waals surface area contributed by atoms with Gasteiger partial charge in [0, 0.05) is 18.2 Å². The Hall–Kier alpha value is -2.78. The number of hydrogen-bond acceptors (Lipinski definition) is 8. The maximum atomic E-state index is 12.5. The first-order chi connectivity index (χ1) is 13.9. The van der Waals surface area contributed by atoms with Gasteiger partial charge in [-0.2, -0.15) is 5.10 Å². The summed E-state index contributed by atoms with van der Waals surface area (Å²) < 4.78 is 19.2. The first-order valence-corrected chi connectivity index (χ1v) is 12.5. The van der Waals surface area contributed by atoms with Gasteiger partial charge in [0.15, 0.2) is 5.01 Å². The first kappa shape index (κ1) is 19.5. The summed E-state index contributed by atoms with van der Waals surface area (Å²) in [6.07, 6.45) is 0. The van der Waals surface area contributed by atoms with E-state index in [1.807, 2.05) is 38.1 Å². The molecule has 0 aliphatic carbocycles. The second kappa shape index (κ2) is 7.56. The average Bonchev–Trinajstić information content (AvgIpc) is 3.14. The van der Waals surface area contributed by atoms with Crippen molar-refractivity contribution in [1.82, 2.24) is 4.98 Å². The number of rotatable bonds is 3. The van der Waals surface area contributed by atoms with E-state index in [4.69, 9.17) is 13.3 Å². The third-order valence-corrected chi connectivity index (χ3v) is 9.16. The number of aromatic nitrogens is 1. The van der Waals surface area contributed by atoms with E-state index in [1.165, 1.54) is 11.3 Å². The number of thiazole rings is 1. The molecule has 0 amide bonds. The van der Waals surface area contributed by atoms with Gasteiger partial charge in [-0.15, -0.1) is 16.4 Å². The maximum absolute atomic E-state index is 12.5. The molecule has 3 aromatic rings. The summed E-state index contributed by atoms with van der Waals surface area (Å²) in [4.78, 5) is 17.2. The molecule has 2 aromatic heterocycles. The van der Waals surface area contributed by atoms with E-state index in [1.54, 1.807) is 19.9 Å². The monoisotopic (exact) mass is 427 g/mol. The van der Waals surface area contributed by atoms with E-state index < -0.39 is 14.2 Å². The van der Waals surface area contributed by atoms with Crippen molar-refractivity contribution < 1.29 is 13.3 Å². The molecule has 150 valence electrons. The molecule has 1 aliphatic heterocycles. The minimum Gasteiger partial charge on any atom is -0.511 e. The van der Waals surface area contributed by atoms with Gasteiger partial charge in [-0.25, -0.2) is 9.78 Å². The van der Waals surface area contributed by atoms with Crippen LogP contribution in [-0.4, -0.2) is 25.2 Å². The lowest BCUT2D eigenvalue weighted by Gasteiger charge is -2.29. The Morgan fingerprint density at radius 2 is 1.83 bits per heavy atom. The summed E-state index contributed by atoms with van der Waals surface area (Å²) in [5.41, 5.74) is 1.08. The Bertz CT molecular complexity index is 1160. The highest BCUT2D eigenvalue weighted by molar-refractivity contribution is 7.20. The van der Waals surface area contributed by atoms with Crippen molar-refractivity contribution in [3.05, 3.63) is 57.1 Å². The van der Waals surface area contributed by atoms with Crippen LogP contribution in [0.3, 0.4) is 0 Å². The van der Waals surface area contributed by atoms with Gasteiger partial charge in [-0.1, -0.05) is 26.0 Å². The van der Waals surface area contributed by atoms with Gasteiger partial charge in [-0.05, 0) is 26.0 Å². The van der Waals surface area contributed by atoms with Gasteiger partial charge in [0.25, 0.3) is 5.90 Å². The highest BCUT2D eigenvalue weighted by atomic mass is 32.1. The van der Waals surface area contributed by atoms with Crippen LogP contribution in [0.2, 0.25) is 12.1 Å². The van der Waals surface area contributed by atoms with Crippen LogP contribution in [0.5, 0.6) is 5.75 Å². The molecule has 0 bridgehead atoms. The summed E-state index contributed by atoms with van der Waals surface area (Å²) in [6.45, 7) is 7.47. The molecule has 4 rings (SSSR count). The predicted octanol–water partition coefficient (Wildman–Crippen LogP) is 4.62. The molecule has 9 heteroatoms. The summed E-state index contributed by atoms with van der Waals surface area (Å²) in [6, 6.07) is 10.9. The summed E-state index contributed by atoms with van der Waals surface area (Å²) in [5.74, 6) is 1.24. The summed E-state index contributed by atoms with van der Waals surface area (Å²) in [7, 11) is -2.78. The summed E-state index contributed by atoms with van der Waals surface area (Å²) >= 11 is 1.49. The fraction of sp³-hybridized carbons (Fsp3) is 0.300. The molecular weight excluding hydrogens is 406 g/mol. The zero-order chi connectivity index (χ0) is 20.6. The third kappa shape index (κ3) is 3.63. The number of aryl methyl sites for hydroxylation is 1. The van der Waals surface area contributed by atoms with Gasteiger partial charge >= 0.3 is 14.2 Å². The minimum atomic E-state index is -2.78. The Morgan fingerprint density at radius 3 is 2.55 bits per heavy atom. The Morgan fingerprint density at radius 1 is 1.07 bits per heavy atom. The first-order valence-electron chi connectivity index (χ1n) is 9.46. The molecule has 0 spiro atoms. The molecule has 0 fully saturated rings. The highest BCUT2D eigenvalue weighted by Gasteiger charge is 2.42. The van der Waals surface area contributed by atoms with Crippen molar-refractivity contribution >= 4 is 41.7 Å². The minimum absolute atomic E-state index is 0.285. The van der Waals surface area contributed by atoms with Crippen molar-refractivity contribution in [1.29, 1.82) is 0 Å². The topological polar surface area (TPSA) is 86.3 Å². The van der Waals surface area contributed by atoms with Crippen LogP contribution in [0, 0.1) is 6.92 Å². The lowest BCUT2D eigenvalue weighted by Crippen LogP contribution is -2.46. The van der Waals surface area contributed by atoms with Crippen molar-refractivity contribution in [3.8, 4) is 5.75 Å². The largest absolute Gasteiger partial charge is 0.511 e. The van der Waals surface area contributed by atoms with Crippen LogP contribution in [0.1, 0.15) is 37.1 Å². The highest BCUT2D eigenvalue weighted by Crippen LogP contribution is 2.30. The van der Waals surface area contributed by atoms with Crippen molar-refractivity contribution in [2.75, 3.05) is 0 Å². The zero-order valence-electron chi connectivity index (χ0n) is 16.7. The molecule has 1 aromatic carbocycles.